The molecular weight excluding hydrogens is 366 g/mol. The summed E-state index contributed by atoms with van der Waals surface area (Å²) >= 11 is 0. The zero-order valence-corrected chi connectivity index (χ0v) is 16.8. The number of aryl methyl sites for hydroxylation is 2. The highest BCUT2D eigenvalue weighted by atomic mass is 16.5. The minimum absolute atomic E-state index is 0.0452. The van der Waals surface area contributed by atoms with Gasteiger partial charge in [-0.3, -0.25) is 4.79 Å². The monoisotopic (exact) mass is 391 g/mol. The van der Waals surface area contributed by atoms with Crippen LogP contribution in [0.25, 0.3) is 0 Å². The number of nitrogens with one attached hydrogen (secondary N) is 3. The summed E-state index contributed by atoms with van der Waals surface area (Å²) in [6.07, 6.45) is 0. The lowest BCUT2D eigenvalue weighted by molar-refractivity contribution is -0.118. The Labute approximate surface area is 170 Å². The second-order valence-corrected chi connectivity index (χ2v) is 6.57. The minimum atomic E-state index is -0.215. The third kappa shape index (κ3) is 6.21. The number of hydrogen-bond acceptors (Lipinski definition) is 6. The van der Waals surface area contributed by atoms with Crippen molar-refractivity contribution in [3.05, 3.63) is 66.0 Å². The van der Waals surface area contributed by atoms with E-state index in [1.165, 1.54) is 0 Å². The molecule has 0 saturated carbocycles. The highest BCUT2D eigenvalue weighted by Crippen LogP contribution is 2.20. The lowest BCUT2D eigenvalue weighted by Crippen LogP contribution is -2.20. The fourth-order valence-electron chi connectivity index (χ4n) is 2.67. The molecule has 2 aromatic carbocycles. The number of anilines is 4. The first kappa shape index (κ1) is 20.1. The van der Waals surface area contributed by atoms with Gasteiger partial charge in [-0.25, -0.2) is 9.97 Å². The molecule has 0 saturated heterocycles. The fraction of sp³-hybridized carbons (Fsp3) is 0.227. The molecule has 0 unspecified atom stereocenters. The summed E-state index contributed by atoms with van der Waals surface area (Å²) in [5.74, 6) is 2.62. The summed E-state index contributed by atoms with van der Waals surface area (Å²) < 4.78 is 5.50. The molecule has 7 nitrogen and oxygen atoms in total. The van der Waals surface area contributed by atoms with Crippen LogP contribution in [-0.4, -0.2) is 29.0 Å². The number of hydrogen-bond donors (Lipinski definition) is 3. The van der Waals surface area contributed by atoms with E-state index < -0.39 is 0 Å². The van der Waals surface area contributed by atoms with Crippen molar-refractivity contribution in [3.8, 4) is 5.75 Å². The molecule has 1 amide bonds. The molecule has 1 aromatic heterocycles. The molecule has 0 atom stereocenters. The SMILES string of the molecule is CCNc1cc(Nc2ccc(NC(=O)COc3ccc(C)cc3)cc2)nc(C)n1. The first-order valence-electron chi connectivity index (χ1n) is 9.48. The van der Waals surface area contributed by atoms with Crippen molar-refractivity contribution in [1.82, 2.24) is 9.97 Å². The van der Waals surface area contributed by atoms with E-state index >= 15 is 0 Å². The van der Waals surface area contributed by atoms with Gasteiger partial charge in [-0.05, 0) is 57.2 Å². The molecular formula is C22H25N5O2. The Hall–Kier alpha value is -3.61. The van der Waals surface area contributed by atoms with E-state index in [4.69, 9.17) is 4.74 Å². The largest absolute Gasteiger partial charge is 0.484 e. The van der Waals surface area contributed by atoms with E-state index in [1.807, 2.05) is 75.4 Å². The zero-order valence-electron chi connectivity index (χ0n) is 16.8. The van der Waals surface area contributed by atoms with Crippen molar-refractivity contribution < 1.29 is 9.53 Å². The molecule has 0 bridgehead atoms. The number of rotatable bonds is 8. The number of aromatic nitrogens is 2. The van der Waals surface area contributed by atoms with Crippen LogP contribution in [0.4, 0.5) is 23.0 Å². The van der Waals surface area contributed by atoms with Crippen LogP contribution in [0.2, 0.25) is 0 Å². The van der Waals surface area contributed by atoms with Crippen molar-refractivity contribution in [2.45, 2.75) is 20.8 Å². The zero-order chi connectivity index (χ0) is 20.6. The molecule has 150 valence electrons. The molecule has 3 N–H and O–H groups in total. The predicted octanol–water partition coefficient (Wildman–Crippen LogP) is 4.29. The maximum absolute atomic E-state index is 12.1. The van der Waals surface area contributed by atoms with Crippen molar-refractivity contribution in [3.63, 3.8) is 0 Å². The van der Waals surface area contributed by atoms with Gasteiger partial charge in [0.25, 0.3) is 5.91 Å². The van der Waals surface area contributed by atoms with Crippen molar-refractivity contribution in [1.29, 1.82) is 0 Å². The molecule has 1 heterocycles. The van der Waals surface area contributed by atoms with Gasteiger partial charge in [0.2, 0.25) is 0 Å². The summed E-state index contributed by atoms with van der Waals surface area (Å²) in [7, 11) is 0. The number of amides is 1. The number of nitrogens with zero attached hydrogens (tertiary/aromatic N) is 2. The molecule has 7 heteroatoms. The van der Waals surface area contributed by atoms with Crippen LogP contribution in [0, 0.1) is 13.8 Å². The van der Waals surface area contributed by atoms with Gasteiger partial charge < -0.3 is 20.7 Å². The number of carbonyl (C=O) groups is 1. The van der Waals surface area contributed by atoms with Crippen LogP contribution in [0.3, 0.4) is 0 Å². The van der Waals surface area contributed by atoms with Crippen LogP contribution in [0.5, 0.6) is 5.75 Å². The number of carbonyl (C=O) groups excluding carboxylic acids is 1. The lowest BCUT2D eigenvalue weighted by atomic mass is 10.2. The van der Waals surface area contributed by atoms with Crippen LogP contribution in [-0.2, 0) is 4.79 Å². The Kier molecular flexibility index (Phi) is 6.63. The van der Waals surface area contributed by atoms with Gasteiger partial charge in [-0.15, -0.1) is 0 Å². The topological polar surface area (TPSA) is 88.2 Å². The second-order valence-electron chi connectivity index (χ2n) is 6.57. The minimum Gasteiger partial charge on any atom is -0.484 e. The van der Waals surface area contributed by atoms with E-state index in [2.05, 4.69) is 25.9 Å². The third-order valence-corrected chi connectivity index (χ3v) is 4.03. The van der Waals surface area contributed by atoms with Crippen molar-refractivity contribution in [2.75, 3.05) is 29.1 Å². The molecule has 0 aliphatic carbocycles. The average molecular weight is 391 g/mol. The lowest BCUT2D eigenvalue weighted by Gasteiger charge is -2.11. The van der Waals surface area contributed by atoms with Crippen LogP contribution in [0.1, 0.15) is 18.3 Å². The Morgan fingerprint density at radius 3 is 2.28 bits per heavy atom. The van der Waals surface area contributed by atoms with Crippen LogP contribution < -0.4 is 20.7 Å². The van der Waals surface area contributed by atoms with Crippen LogP contribution in [0.15, 0.2) is 54.6 Å². The standard InChI is InChI=1S/C22H25N5O2/c1-4-23-20-13-21(25-16(3)24-20)26-17-7-9-18(10-8-17)27-22(28)14-29-19-11-5-15(2)6-12-19/h5-13H,4,14H2,1-3H3,(H,27,28)(H2,23,24,25,26). The summed E-state index contributed by atoms with van der Waals surface area (Å²) in [6, 6.07) is 16.8. The Morgan fingerprint density at radius 2 is 1.59 bits per heavy atom. The summed E-state index contributed by atoms with van der Waals surface area (Å²) in [4.78, 5) is 20.8. The molecule has 0 aliphatic heterocycles. The Bertz CT molecular complexity index is 956. The molecule has 0 radical (unpaired) electrons. The van der Waals surface area contributed by atoms with Gasteiger partial charge in [0.05, 0.1) is 0 Å². The summed E-state index contributed by atoms with van der Waals surface area (Å²) in [5.41, 5.74) is 2.70. The molecule has 3 aromatic rings. The quantitative estimate of drug-likeness (QED) is 0.531. The van der Waals surface area contributed by atoms with Gasteiger partial charge in [-0.2, -0.15) is 0 Å². The van der Waals surface area contributed by atoms with Gasteiger partial charge >= 0.3 is 0 Å². The van der Waals surface area contributed by atoms with E-state index in [-0.39, 0.29) is 12.5 Å². The van der Waals surface area contributed by atoms with Gasteiger partial charge in [0, 0.05) is 24.0 Å². The maximum atomic E-state index is 12.1. The first-order valence-corrected chi connectivity index (χ1v) is 9.48. The average Bonchev–Trinajstić information content (AvgIpc) is 2.69. The first-order chi connectivity index (χ1) is 14.0. The normalized spacial score (nSPS) is 10.3. The fourth-order valence-corrected chi connectivity index (χ4v) is 2.67. The van der Waals surface area contributed by atoms with E-state index in [9.17, 15) is 4.79 Å². The van der Waals surface area contributed by atoms with Gasteiger partial charge in [0.1, 0.15) is 23.2 Å². The molecule has 0 fully saturated rings. The smallest absolute Gasteiger partial charge is 0.262 e. The molecule has 29 heavy (non-hydrogen) atoms. The van der Waals surface area contributed by atoms with Gasteiger partial charge in [-0.1, -0.05) is 17.7 Å². The van der Waals surface area contributed by atoms with Crippen molar-refractivity contribution in [2.24, 2.45) is 0 Å². The van der Waals surface area contributed by atoms with Crippen molar-refractivity contribution >= 4 is 28.9 Å². The molecule has 0 aliphatic rings. The highest BCUT2D eigenvalue weighted by Gasteiger charge is 2.05. The molecule has 0 spiro atoms. The second kappa shape index (κ2) is 9.54. The maximum Gasteiger partial charge on any atom is 0.262 e. The molecule has 3 rings (SSSR count). The number of benzene rings is 2. The third-order valence-electron chi connectivity index (χ3n) is 4.03. The van der Waals surface area contributed by atoms with Crippen LogP contribution >= 0.6 is 0 Å². The van der Waals surface area contributed by atoms with E-state index in [0.29, 0.717) is 23.1 Å². The number of ether oxygens (including phenoxy) is 1. The predicted molar refractivity (Wildman–Crippen MR) is 116 cm³/mol. The Morgan fingerprint density at radius 1 is 0.931 bits per heavy atom. The highest BCUT2D eigenvalue weighted by molar-refractivity contribution is 5.92. The van der Waals surface area contributed by atoms with E-state index in [0.717, 1.165) is 23.6 Å². The van der Waals surface area contributed by atoms with E-state index in [1.54, 1.807) is 0 Å². The van der Waals surface area contributed by atoms with Gasteiger partial charge in [0.15, 0.2) is 6.61 Å². The summed E-state index contributed by atoms with van der Waals surface area (Å²) in [5, 5.41) is 9.25. The summed E-state index contributed by atoms with van der Waals surface area (Å²) in [6.45, 7) is 6.61. The Balaban J connectivity index is 1.54.